The zero-order valence-electron chi connectivity index (χ0n) is 12.2. The van der Waals surface area contributed by atoms with Crippen LogP contribution in [-0.4, -0.2) is 37.3 Å². The zero-order chi connectivity index (χ0) is 14.6. The molecule has 5 nitrogen and oxygen atoms in total. The van der Waals surface area contributed by atoms with Crippen molar-refractivity contribution in [3.63, 3.8) is 0 Å². The van der Waals surface area contributed by atoms with Gasteiger partial charge in [0.25, 0.3) is 5.91 Å². The second-order valence-corrected chi connectivity index (χ2v) is 5.55. The first kappa shape index (κ1) is 14.8. The fourth-order valence-corrected chi connectivity index (χ4v) is 1.93. The van der Waals surface area contributed by atoms with E-state index in [4.69, 9.17) is 9.47 Å². The molecule has 1 saturated heterocycles. The Labute approximate surface area is 119 Å². The number of benzene rings is 1. The second kappa shape index (κ2) is 6.24. The normalized spacial score (nSPS) is 16.6. The highest BCUT2D eigenvalue weighted by molar-refractivity contribution is 5.93. The molecular formula is C15H22N2O3. The first-order valence-electron chi connectivity index (χ1n) is 6.89. The number of anilines is 1. The van der Waals surface area contributed by atoms with Gasteiger partial charge < -0.3 is 20.1 Å². The van der Waals surface area contributed by atoms with Crippen LogP contribution in [0.2, 0.25) is 0 Å². The van der Waals surface area contributed by atoms with Crippen molar-refractivity contribution in [2.24, 2.45) is 0 Å². The van der Waals surface area contributed by atoms with E-state index in [-0.39, 0.29) is 24.2 Å². The molecule has 5 heteroatoms. The summed E-state index contributed by atoms with van der Waals surface area (Å²) in [5.74, 6) is 0.505. The predicted molar refractivity (Wildman–Crippen MR) is 78.1 cm³/mol. The Balaban J connectivity index is 1.90. The summed E-state index contributed by atoms with van der Waals surface area (Å²) in [6, 6.07) is 7.40. The molecule has 2 rings (SSSR count). The minimum Gasteiger partial charge on any atom is -0.489 e. The molecule has 20 heavy (non-hydrogen) atoms. The lowest BCUT2D eigenvalue weighted by atomic mass is 10.0. The standard InChI is InChI=1S/C15H22N2O3/c1-11(2)20-13-7-5-4-6-12(13)17-14(18)8-19-15(3)9-16-10-15/h4-7,11,16H,8-10H2,1-3H3,(H,17,18). The summed E-state index contributed by atoms with van der Waals surface area (Å²) in [4.78, 5) is 11.9. The van der Waals surface area contributed by atoms with Gasteiger partial charge in [-0.1, -0.05) is 12.1 Å². The number of carbonyl (C=O) groups is 1. The molecule has 0 radical (unpaired) electrons. The van der Waals surface area contributed by atoms with Crippen molar-refractivity contribution in [1.82, 2.24) is 5.32 Å². The lowest BCUT2D eigenvalue weighted by Crippen LogP contribution is -2.59. The van der Waals surface area contributed by atoms with E-state index in [1.165, 1.54) is 0 Å². The summed E-state index contributed by atoms with van der Waals surface area (Å²) < 4.78 is 11.3. The maximum atomic E-state index is 11.9. The Morgan fingerprint density at radius 1 is 1.40 bits per heavy atom. The smallest absolute Gasteiger partial charge is 0.250 e. The molecule has 0 unspecified atom stereocenters. The van der Waals surface area contributed by atoms with Crippen molar-refractivity contribution in [3.05, 3.63) is 24.3 Å². The summed E-state index contributed by atoms with van der Waals surface area (Å²) >= 11 is 0. The highest BCUT2D eigenvalue weighted by atomic mass is 16.5. The Bertz CT molecular complexity index is 470. The zero-order valence-corrected chi connectivity index (χ0v) is 12.2. The van der Waals surface area contributed by atoms with Gasteiger partial charge >= 0.3 is 0 Å². The number of nitrogens with one attached hydrogen (secondary N) is 2. The third-order valence-electron chi connectivity index (χ3n) is 3.07. The second-order valence-electron chi connectivity index (χ2n) is 5.55. The summed E-state index contributed by atoms with van der Waals surface area (Å²) in [6.07, 6.45) is 0.0595. The van der Waals surface area contributed by atoms with Crippen LogP contribution in [0.15, 0.2) is 24.3 Å². The molecule has 1 amide bonds. The van der Waals surface area contributed by atoms with Gasteiger partial charge in [-0.25, -0.2) is 0 Å². The Morgan fingerprint density at radius 2 is 2.10 bits per heavy atom. The quantitative estimate of drug-likeness (QED) is 0.833. The summed E-state index contributed by atoms with van der Waals surface area (Å²) in [5.41, 5.74) is 0.456. The predicted octanol–water partition coefficient (Wildman–Crippen LogP) is 1.79. The minimum atomic E-state index is -0.217. The van der Waals surface area contributed by atoms with E-state index >= 15 is 0 Å². The van der Waals surface area contributed by atoms with E-state index in [0.29, 0.717) is 11.4 Å². The average molecular weight is 278 g/mol. The van der Waals surface area contributed by atoms with Crippen LogP contribution in [0.25, 0.3) is 0 Å². The molecule has 0 saturated carbocycles. The van der Waals surface area contributed by atoms with Crippen molar-refractivity contribution < 1.29 is 14.3 Å². The van der Waals surface area contributed by atoms with Gasteiger partial charge in [0.15, 0.2) is 0 Å². The molecule has 110 valence electrons. The number of carbonyl (C=O) groups excluding carboxylic acids is 1. The van der Waals surface area contributed by atoms with Gasteiger partial charge in [-0.05, 0) is 32.9 Å². The first-order valence-corrected chi connectivity index (χ1v) is 6.89. The highest BCUT2D eigenvalue weighted by Crippen LogP contribution is 2.25. The Hall–Kier alpha value is -1.59. The van der Waals surface area contributed by atoms with Crippen molar-refractivity contribution >= 4 is 11.6 Å². The van der Waals surface area contributed by atoms with Gasteiger partial charge in [0.05, 0.1) is 17.4 Å². The maximum Gasteiger partial charge on any atom is 0.250 e. The lowest BCUT2D eigenvalue weighted by Gasteiger charge is -2.38. The number of para-hydroxylation sites is 2. The highest BCUT2D eigenvalue weighted by Gasteiger charge is 2.33. The maximum absolute atomic E-state index is 11.9. The molecular weight excluding hydrogens is 256 g/mol. The molecule has 1 aromatic rings. The molecule has 0 atom stereocenters. The number of ether oxygens (including phenoxy) is 2. The third-order valence-corrected chi connectivity index (χ3v) is 3.07. The van der Waals surface area contributed by atoms with E-state index in [2.05, 4.69) is 10.6 Å². The Kier molecular flexibility index (Phi) is 4.62. The topological polar surface area (TPSA) is 59.6 Å². The molecule has 0 bridgehead atoms. The molecule has 1 fully saturated rings. The number of rotatable bonds is 6. The largest absolute Gasteiger partial charge is 0.489 e. The molecule has 1 aliphatic rings. The van der Waals surface area contributed by atoms with Crippen LogP contribution in [0, 0.1) is 0 Å². The summed E-state index contributed by atoms with van der Waals surface area (Å²) in [6.45, 7) is 7.51. The number of hydrogen-bond donors (Lipinski definition) is 2. The SMILES string of the molecule is CC(C)Oc1ccccc1NC(=O)COC1(C)CNC1. The van der Waals surface area contributed by atoms with Crippen LogP contribution in [0.5, 0.6) is 5.75 Å². The van der Waals surface area contributed by atoms with Crippen LogP contribution in [0.1, 0.15) is 20.8 Å². The summed E-state index contributed by atoms with van der Waals surface area (Å²) in [5, 5.41) is 5.96. The monoisotopic (exact) mass is 278 g/mol. The van der Waals surface area contributed by atoms with Crippen LogP contribution in [0.3, 0.4) is 0 Å². The Morgan fingerprint density at radius 3 is 2.70 bits per heavy atom. The van der Waals surface area contributed by atoms with E-state index in [9.17, 15) is 4.79 Å². The van der Waals surface area contributed by atoms with Crippen LogP contribution in [0.4, 0.5) is 5.69 Å². The van der Waals surface area contributed by atoms with Crippen molar-refractivity contribution in [2.45, 2.75) is 32.5 Å². The van der Waals surface area contributed by atoms with Gasteiger partial charge in [0.2, 0.25) is 0 Å². The summed E-state index contributed by atoms with van der Waals surface area (Å²) in [7, 11) is 0. The van der Waals surface area contributed by atoms with Gasteiger partial charge in [-0.3, -0.25) is 4.79 Å². The molecule has 0 aliphatic carbocycles. The van der Waals surface area contributed by atoms with Crippen LogP contribution in [-0.2, 0) is 9.53 Å². The first-order chi connectivity index (χ1) is 9.48. The van der Waals surface area contributed by atoms with E-state index in [0.717, 1.165) is 13.1 Å². The third kappa shape index (κ3) is 3.95. The van der Waals surface area contributed by atoms with E-state index < -0.39 is 0 Å². The van der Waals surface area contributed by atoms with E-state index in [1.807, 2.05) is 45.0 Å². The lowest BCUT2D eigenvalue weighted by molar-refractivity contribution is -0.130. The molecule has 0 spiro atoms. The molecule has 1 aromatic carbocycles. The van der Waals surface area contributed by atoms with Gasteiger partial charge in [-0.15, -0.1) is 0 Å². The van der Waals surface area contributed by atoms with Crippen molar-refractivity contribution in [2.75, 3.05) is 25.0 Å². The molecule has 2 N–H and O–H groups in total. The molecule has 1 aliphatic heterocycles. The fraction of sp³-hybridized carbons (Fsp3) is 0.533. The van der Waals surface area contributed by atoms with Crippen LogP contribution < -0.4 is 15.4 Å². The van der Waals surface area contributed by atoms with Gasteiger partial charge in [0.1, 0.15) is 12.4 Å². The fourth-order valence-electron chi connectivity index (χ4n) is 1.93. The van der Waals surface area contributed by atoms with Crippen molar-refractivity contribution in [3.8, 4) is 5.75 Å². The molecule has 0 aromatic heterocycles. The molecule has 1 heterocycles. The number of amides is 1. The van der Waals surface area contributed by atoms with Gasteiger partial charge in [-0.2, -0.15) is 0 Å². The minimum absolute atomic E-state index is 0.0498. The van der Waals surface area contributed by atoms with E-state index in [1.54, 1.807) is 0 Å². The number of hydrogen-bond acceptors (Lipinski definition) is 4. The average Bonchev–Trinajstić information content (AvgIpc) is 2.36. The van der Waals surface area contributed by atoms with Crippen molar-refractivity contribution in [1.29, 1.82) is 0 Å². The van der Waals surface area contributed by atoms with Crippen LogP contribution >= 0.6 is 0 Å². The van der Waals surface area contributed by atoms with Gasteiger partial charge in [0, 0.05) is 13.1 Å².